The molecule has 112 valence electrons. The Labute approximate surface area is 123 Å². The highest BCUT2D eigenvalue weighted by Gasteiger charge is 2.22. The van der Waals surface area contributed by atoms with E-state index >= 15 is 0 Å². The zero-order valence-electron chi connectivity index (χ0n) is 13.0. The molecule has 20 heavy (non-hydrogen) atoms. The lowest BCUT2D eigenvalue weighted by molar-refractivity contribution is 0.179. The quantitative estimate of drug-likeness (QED) is 0.814. The molecule has 0 aromatic heterocycles. The first-order chi connectivity index (χ1) is 9.69. The molecule has 2 rings (SSSR count). The number of rotatable bonds is 7. The van der Waals surface area contributed by atoms with Gasteiger partial charge in [-0.1, -0.05) is 51.0 Å². The molecule has 1 saturated carbocycles. The van der Waals surface area contributed by atoms with Crippen LogP contribution in [0, 0.1) is 5.92 Å². The lowest BCUT2D eigenvalue weighted by atomic mass is 10.1. The van der Waals surface area contributed by atoms with Crippen LogP contribution in [-0.4, -0.2) is 22.6 Å². The lowest BCUT2D eigenvalue weighted by Gasteiger charge is -2.29. The van der Waals surface area contributed by atoms with E-state index in [0.717, 1.165) is 24.1 Å². The Morgan fingerprint density at radius 3 is 2.25 bits per heavy atom. The molecule has 0 atom stereocenters. The van der Waals surface area contributed by atoms with Crippen LogP contribution < -0.4 is 0 Å². The SMILES string of the molecule is CC(C)CCN(Cc1ccc(CO)cc1)C1CCCC1. The molecular weight excluding hydrogens is 246 g/mol. The third-order valence-electron chi connectivity index (χ3n) is 4.43. The Morgan fingerprint density at radius 2 is 1.70 bits per heavy atom. The molecule has 1 aliphatic carbocycles. The van der Waals surface area contributed by atoms with E-state index in [0.29, 0.717) is 0 Å². The minimum atomic E-state index is 0.139. The second-order valence-electron chi connectivity index (χ2n) is 6.57. The largest absolute Gasteiger partial charge is 0.392 e. The highest BCUT2D eigenvalue weighted by atomic mass is 16.3. The van der Waals surface area contributed by atoms with Crippen molar-refractivity contribution in [3.8, 4) is 0 Å². The predicted octanol–water partition coefficient (Wildman–Crippen LogP) is 3.97. The second kappa shape index (κ2) is 7.80. The van der Waals surface area contributed by atoms with Gasteiger partial charge in [0.2, 0.25) is 0 Å². The first-order valence-electron chi connectivity index (χ1n) is 8.11. The maximum atomic E-state index is 9.12. The Morgan fingerprint density at radius 1 is 1.10 bits per heavy atom. The van der Waals surface area contributed by atoms with E-state index in [2.05, 4.69) is 30.9 Å². The highest BCUT2D eigenvalue weighted by Crippen LogP contribution is 2.25. The van der Waals surface area contributed by atoms with Gasteiger partial charge in [0.15, 0.2) is 0 Å². The Balaban J connectivity index is 1.97. The summed E-state index contributed by atoms with van der Waals surface area (Å²) in [7, 11) is 0. The van der Waals surface area contributed by atoms with E-state index in [-0.39, 0.29) is 6.61 Å². The summed E-state index contributed by atoms with van der Waals surface area (Å²) in [5, 5.41) is 9.12. The van der Waals surface area contributed by atoms with Crippen molar-refractivity contribution in [3.05, 3.63) is 35.4 Å². The fourth-order valence-electron chi connectivity index (χ4n) is 3.07. The Hall–Kier alpha value is -0.860. The third-order valence-corrected chi connectivity index (χ3v) is 4.43. The molecule has 1 fully saturated rings. The first-order valence-corrected chi connectivity index (χ1v) is 8.11. The van der Waals surface area contributed by atoms with Crippen molar-refractivity contribution in [1.29, 1.82) is 0 Å². The van der Waals surface area contributed by atoms with Crippen LogP contribution in [0.3, 0.4) is 0 Å². The molecule has 1 aromatic rings. The van der Waals surface area contributed by atoms with Gasteiger partial charge in [-0.05, 0) is 42.9 Å². The number of hydrogen-bond acceptors (Lipinski definition) is 2. The summed E-state index contributed by atoms with van der Waals surface area (Å²) in [6.45, 7) is 7.03. The summed E-state index contributed by atoms with van der Waals surface area (Å²) in [5.74, 6) is 0.774. The van der Waals surface area contributed by atoms with Crippen LogP contribution in [0.4, 0.5) is 0 Å². The van der Waals surface area contributed by atoms with Crippen LogP contribution in [0.2, 0.25) is 0 Å². The van der Waals surface area contributed by atoms with Crippen LogP contribution in [0.1, 0.15) is 57.1 Å². The Kier molecular flexibility index (Phi) is 6.06. The average Bonchev–Trinajstić information content (AvgIpc) is 2.98. The Bertz CT molecular complexity index is 379. The monoisotopic (exact) mass is 275 g/mol. The zero-order chi connectivity index (χ0) is 14.4. The van der Waals surface area contributed by atoms with E-state index in [9.17, 15) is 0 Å². The minimum Gasteiger partial charge on any atom is -0.392 e. The van der Waals surface area contributed by atoms with Crippen molar-refractivity contribution in [2.24, 2.45) is 5.92 Å². The lowest BCUT2D eigenvalue weighted by Crippen LogP contribution is -2.34. The number of hydrogen-bond donors (Lipinski definition) is 1. The second-order valence-corrected chi connectivity index (χ2v) is 6.57. The molecule has 2 nitrogen and oxygen atoms in total. The van der Waals surface area contributed by atoms with E-state index in [1.165, 1.54) is 44.2 Å². The molecule has 0 radical (unpaired) electrons. The van der Waals surface area contributed by atoms with E-state index < -0.39 is 0 Å². The summed E-state index contributed by atoms with van der Waals surface area (Å²) >= 11 is 0. The van der Waals surface area contributed by atoms with Crippen LogP contribution in [-0.2, 0) is 13.2 Å². The van der Waals surface area contributed by atoms with Crippen LogP contribution >= 0.6 is 0 Å². The summed E-state index contributed by atoms with van der Waals surface area (Å²) < 4.78 is 0. The van der Waals surface area contributed by atoms with E-state index in [1.807, 2.05) is 12.1 Å². The van der Waals surface area contributed by atoms with Gasteiger partial charge in [-0.3, -0.25) is 4.90 Å². The maximum absolute atomic E-state index is 9.12. The fourth-order valence-corrected chi connectivity index (χ4v) is 3.07. The van der Waals surface area contributed by atoms with Gasteiger partial charge in [-0.25, -0.2) is 0 Å². The van der Waals surface area contributed by atoms with Crippen molar-refractivity contribution in [2.45, 2.75) is 65.1 Å². The van der Waals surface area contributed by atoms with Crippen LogP contribution in [0.15, 0.2) is 24.3 Å². The predicted molar refractivity (Wildman–Crippen MR) is 84.5 cm³/mol. The van der Waals surface area contributed by atoms with Gasteiger partial charge in [-0.2, -0.15) is 0 Å². The van der Waals surface area contributed by atoms with Gasteiger partial charge in [0, 0.05) is 12.6 Å². The molecule has 0 unspecified atom stereocenters. The minimum absolute atomic E-state index is 0.139. The average molecular weight is 275 g/mol. The molecule has 0 bridgehead atoms. The molecule has 1 N–H and O–H groups in total. The van der Waals surface area contributed by atoms with Gasteiger partial charge in [-0.15, -0.1) is 0 Å². The van der Waals surface area contributed by atoms with Gasteiger partial charge in [0.25, 0.3) is 0 Å². The van der Waals surface area contributed by atoms with E-state index in [4.69, 9.17) is 5.11 Å². The zero-order valence-corrected chi connectivity index (χ0v) is 13.0. The molecule has 1 aromatic carbocycles. The number of benzene rings is 1. The molecule has 0 heterocycles. The maximum Gasteiger partial charge on any atom is 0.0681 e. The number of nitrogens with zero attached hydrogens (tertiary/aromatic N) is 1. The molecule has 0 amide bonds. The van der Waals surface area contributed by atoms with Crippen molar-refractivity contribution >= 4 is 0 Å². The van der Waals surface area contributed by atoms with Crippen molar-refractivity contribution < 1.29 is 5.11 Å². The van der Waals surface area contributed by atoms with Crippen molar-refractivity contribution in [3.63, 3.8) is 0 Å². The van der Waals surface area contributed by atoms with E-state index in [1.54, 1.807) is 0 Å². The fraction of sp³-hybridized carbons (Fsp3) is 0.667. The van der Waals surface area contributed by atoms with Crippen LogP contribution in [0.5, 0.6) is 0 Å². The number of aliphatic hydroxyl groups excluding tert-OH is 1. The van der Waals surface area contributed by atoms with Gasteiger partial charge >= 0.3 is 0 Å². The van der Waals surface area contributed by atoms with Gasteiger partial charge in [0.1, 0.15) is 0 Å². The molecular formula is C18H29NO. The first kappa shape index (κ1) is 15.5. The van der Waals surface area contributed by atoms with Crippen LogP contribution in [0.25, 0.3) is 0 Å². The molecule has 2 heteroatoms. The van der Waals surface area contributed by atoms with Crippen molar-refractivity contribution in [1.82, 2.24) is 4.90 Å². The topological polar surface area (TPSA) is 23.5 Å². The normalized spacial score (nSPS) is 16.4. The summed E-state index contributed by atoms with van der Waals surface area (Å²) in [6, 6.07) is 9.22. The third kappa shape index (κ3) is 4.60. The highest BCUT2D eigenvalue weighted by molar-refractivity contribution is 5.22. The van der Waals surface area contributed by atoms with Crippen molar-refractivity contribution in [2.75, 3.05) is 6.54 Å². The summed E-state index contributed by atoms with van der Waals surface area (Å²) in [4.78, 5) is 2.68. The molecule has 1 aliphatic rings. The molecule has 0 aliphatic heterocycles. The van der Waals surface area contributed by atoms with Gasteiger partial charge in [0.05, 0.1) is 6.61 Å². The molecule has 0 saturated heterocycles. The summed E-state index contributed by atoms with van der Waals surface area (Å²) in [6.07, 6.45) is 6.81. The van der Waals surface area contributed by atoms with Gasteiger partial charge < -0.3 is 5.11 Å². The number of aliphatic hydroxyl groups is 1. The molecule has 0 spiro atoms. The standard InChI is InChI=1S/C18H29NO/c1-15(2)11-12-19(18-5-3-4-6-18)13-16-7-9-17(14-20)10-8-16/h7-10,15,18,20H,3-6,11-14H2,1-2H3. The smallest absolute Gasteiger partial charge is 0.0681 e. The summed E-state index contributed by atoms with van der Waals surface area (Å²) in [5.41, 5.74) is 2.38.